The number of para-hydroxylation sites is 1. The number of benzene rings is 2. The third-order valence-corrected chi connectivity index (χ3v) is 4.71. The van der Waals surface area contributed by atoms with Crippen LogP contribution in [-0.2, 0) is 4.79 Å². The molecule has 1 aromatic heterocycles. The van der Waals surface area contributed by atoms with Crippen molar-refractivity contribution >= 4 is 29.0 Å². The minimum Gasteiger partial charge on any atom is -0.496 e. The van der Waals surface area contributed by atoms with Crippen molar-refractivity contribution in [2.75, 3.05) is 24.0 Å². The molecule has 3 rings (SSSR count). The van der Waals surface area contributed by atoms with Gasteiger partial charge in [-0.15, -0.1) is 10.2 Å². The van der Waals surface area contributed by atoms with E-state index in [0.717, 1.165) is 23.9 Å². The van der Waals surface area contributed by atoms with Crippen LogP contribution >= 0.6 is 11.8 Å². The van der Waals surface area contributed by atoms with Gasteiger partial charge in [-0.2, -0.15) is 4.39 Å². The van der Waals surface area contributed by atoms with Gasteiger partial charge in [0.15, 0.2) is 5.82 Å². The van der Waals surface area contributed by atoms with Crippen LogP contribution in [0.2, 0.25) is 0 Å². The highest BCUT2D eigenvalue weighted by atomic mass is 32.2. The van der Waals surface area contributed by atoms with Gasteiger partial charge in [0.1, 0.15) is 5.75 Å². The number of thioether (sulfide) groups is 1. The molecule has 0 saturated carbocycles. The number of nitro groups is 1. The Hall–Kier alpha value is -3.67. The number of rotatable bonds is 7. The number of halogens is 1. The third-order valence-electron chi connectivity index (χ3n) is 3.77. The van der Waals surface area contributed by atoms with Crippen LogP contribution < -0.4 is 15.9 Å². The molecule has 0 aliphatic heterocycles. The molecule has 3 N–H and O–H groups in total. The summed E-state index contributed by atoms with van der Waals surface area (Å²) in [5.41, 5.74) is 0.0196. The zero-order valence-corrected chi connectivity index (χ0v) is 15.9. The number of aromatic nitrogens is 3. The van der Waals surface area contributed by atoms with E-state index in [9.17, 15) is 19.3 Å². The number of amides is 1. The van der Waals surface area contributed by atoms with E-state index in [-0.39, 0.29) is 16.6 Å². The van der Waals surface area contributed by atoms with Gasteiger partial charge in [0.2, 0.25) is 16.9 Å². The Balaban J connectivity index is 1.68. The molecule has 150 valence electrons. The number of anilines is 1. The maximum Gasteiger partial charge on any atom is 0.306 e. The standard InChI is InChI=1S/C17H15FN6O4S/c1-28-14-5-3-2-4-11(14)16-21-22-17(23(16)19)29-9-15(25)20-10-6-7-12(18)13(8-10)24(26)27/h2-8H,9,19H2,1H3,(H,20,25). The highest BCUT2D eigenvalue weighted by Gasteiger charge is 2.18. The van der Waals surface area contributed by atoms with E-state index in [1.165, 1.54) is 17.9 Å². The van der Waals surface area contributed by atoms with E-state index in [1.807, 2.05) is 0 Å². The van der Waals surface area contributed by atoms with Crippen LogP contribution in [0, 0.1) is 15.9 Å². The minimum absolute atomic E-state index is 0.0908. The van der Waals surface area contributed by atoms with Crippen molar-refractivity contribution in [3.63, 3.8) is 0 Å². The number of nitro benzene ring substituents is 1. The molecule has 0 aliphatic carbocycles. The first-order valence-corrected chi connectivity index (χ1v) is 9.09. The molecular weight excluding hydrogens is 403 g/mol. The molecule has 3 aromatic rings. The fourth-order valence-corrected chi connectivity index (χ4v) is 3.10. The van der Waals surface area contributed by atoms with Gasteiger partial charge in [0, 0.05) is 11.8 Å². The SMILES string of the molecule is COc1ccccc1-c1nnc(SCC(=O)Nc2ccc(F)c([N+](=O)[O-])c2)n1N. The molecule has 0 saturated heterocycles. The molecule has 0 unspecified atom stereocenters. The molecule has 12 heteroatoms. The largest absolute Gasteiger partial charge is 0.496 e. The normalized spacial score (nSPS) is 10.6. The maximum atomic E-state index is 13.4. The first-order chi connectivity index (χ1) is 13.9. The Morgan fingerprint density at radius 2 is 2.10 bits per heavy atom. The Kier molecular flexibility index (Phi) is 5.93. The van der Waals surface area contributed by atoms with Crippen molar-refractivity contribution in [2.24, 2.45) is 0 Å². The number of nitrogens with zero attached hydrogens (tertiary/aromatic N) is 4. The summed E-state index contributed by atoms with van der Waals surface area (Å²) in [7, 11) is 1.52. The van der Waals surface area contributed by atoms with E-state index in [0.29, 0.717) is 17.1 Å². The third kappa shape index (κ3) is 4.43. The van der Waals surface area contributed by atoms with Gasteiger partial charge in [-0.25, -0.2) is 4.68 Å². The summed E-state index contributed by atoms with van der Waals surface area (Å²) in [5.74, 6) is 5.41. The Bertz CT molecular complexity index is 1070. The lowest BCUT2D eigenvalue weighted by atomic mass is 10.2. The number of hydrogen-bond acceptors (Lipinski definition) is 8. The second-order valence-corrected chi connectivity index (χ2v) is 6.58. The second kappa shape index (κ2) is 8.56. The Morgan fingerprint density at radius 3 is 2.83 bits per heavy atom. The number of nitrogens with one attached hydrogen (secondary N) is 1. The van der Waals surface area contributed by atoms with Crippen LogP contribution in [0.5, 0.6) is 5.75 Å². The lowest BCUT2D eigenvalue weighted by Gasteiger charge is -2.08. The molecule has 0 radical (unpaired) electrons. The first kappa shape index (κ1) is 20.1. The van der Waals surface area contributed by atoms with Crippen LogP contribution in [0.15, 0.2) is 47.6 Å². The fourth-order valence-electron chi connectivity index (χ4n) is 2.45. The summed E-state index contributed by atoms with van der Waals surface area (Å²) in [6, 6.07) is 10.2. The molecule has 0 fully saturated rings. The van der Waals surface area contributed by atoms with E-state index in [4.69, 9.17) is 10.6 Å². The Morgan fingerprint density at radius 1 is 1.34 bits per heavy atom. The lowest BCUT2D eigenvalue weighted by molar-refractivity contribution is -0.387. The summed E-state index contributed by atoms with van der Waals surface area (Å²) >= 11 is 1.02. The molecule has 2 aromatic carbocycles. The number of hydrogen-bond donors (Lipinski definition) is 2. The molecule has 0 bridgehead atoms. The summed E-state index contributed by atoms with van der Waals surface area (Å²) < 4.78 is 19.9. The average Bonchev–Trinajstić information content (AvgIpc) is 3.07. The maximum absolute atomic E-state index is 13.4. The molecule has 0 spiro atoms. The van der Waals surface area contributed by atoms with Gasteiger partial charge in [0.25, 0.3) is 0 Å². The highest BCUT2D eigenvalue weighted by molar-refractivity contribution is 7.99. The van der Waals surface area contributed by atoms with E-state index in [1.54, 1.807) is 24.3 Å². The molecule has 0 atom stereocenters. The van der Waals surface area contributed by atoms with Crippen molar-refractivity contribution in [1.29, 1.82) is 0 Å². The van der Waals surface area contributed by atoms with Crippen LogP contribution in [0.25, 0.3) is 11.4 Å². The van der Waals surface area contributed by atoms with Crippen molar-refractivity contribution in [1.82, 2.24) is 14.9 Å². The van der Waals surface area contributed by atoms with E-state index < -0.39 is 22.3 Å². The van der Waals surface area contributed by atoms with E-state index >= 15 is 0 Å². The van der Waals surface area contributed by atoms with Crippen molar-refractivity contribution in [2.45, 2.75) is 5.16 Å². The van der Waals surface area contributed by atoms with Crippen molar-refractivity contribution in [3.8, 4) is 17.1 Å². The van der Waals surface area contributed by atoms with Gasteiger partial charge < -0.3 is 15.9 Å². The molecule has 0 aliphatic rings. The van der Waals surface area contributed by atoms with E-state index in [2.05, 4.69) is 15.5 Å². The zero-order valence-electron chi connectivity index (χ0n) is 15.0. The summed E-state index contributed by atoms with van der Waals surface area (Å²) in [6.07, 6.45) is 0. The van der Waals surface area contributed by atoms with Crippen LogP contribution in [0.4, 0.5) is 15.8 Å². The fraction of sp³-hybridized carbons (Fsp3) is 0.118. The second-order valence-electron chi connectivity index (χ2n) is 5.64. The van der Waals surface area contributed by atoms with Crippen molar-refractivity contribution in [3.05, 3.63) is 58.4 Å². The summed E-state index contributed by atoms with van der Waals surface area (Å²) in [6.45, 7) is 0. The van der Waals surface area contributed by atoms with Gasteiger partial charge in [-0.3, -0.25) is 14.9 Å². The van der Waals surface area contributed by atoms with Gasteiger partial charge >= 0.3 is 5.69 Å². The average molecular weight is 418 g/mol. The molecular formula is C17H15FN6O4S. The van der Waals surface area contributed by atoms with Crippen LogP contribution in [0.1, 0.15) is 0 Å². The number of ether oxygens (including phenoxy) is 1. The van der Waals surface area contributed by atoms with Gasteiger partial charge in [-0.05, 0) is 24.3 Å². The smallest absolute Gasteiger partial charge is 0.306 e. The minimum atomic E-state index is -0.984. The topological polar surface area (TPSA) is 138 Å². The lowest BCUT2D eigenvalue weighted by Crippen LogP contribution is -2.16. The molecule has 10 nitrogen and oxygen atoms in total. The number of nitrogen functional groups attached to an aromatic ring is 1. The molecule has 29 heavy (non-hydrogen) atoms. The predicted molar refractivity (Wildman–Crippen MR) is 105 cm³/mol. The number of nitrogens with two attached hydrogens (primary N) is 1. The number of methoxy groups -OCH3 is 1. The molecule has 1 heterocycles. The summed E-state index contributed by atoms with van der Waals surface area (Å²) in [4.78, 5) is 22.0. The number of carbonyl (C=O) groups is 1. The van der Waals surface area contributed by atoms with Crippen LogP contribution in [0.3, 0.4) is 0 Å². The van der Waals surface area contributed by atoms with Crippen LogP contribution in [-0.4, -0.2) is 38.6 Å². The number of carbonyl (C=O) groups excluding carboxylic acids is 1. The Labute approximate surface area is 168 Å². The monoisotopic (exact) mass is 418 g/mol. The zero-order chi connectivity index (χ0) is 21.0. The first-order valence-electron chi connectivity index (χ1n) is 8.11. The van der Waals surface area contributed by atoms with Gasteiger partial charge in [0.05, 0.1) is 23.3 Å². The highest BCUT2D eigenvalue weighted by Crippen LogP contribution is 2.29. The van der Waals surface area contributed by atoms with Gasteiger partial charge in [-0.1, -0.05) is 23.9 Å². The summed E-state index contributed by atoms with van der Waals surface area (Å²) in [5, 5.41) is 21.5. The predicted octanol–water partition coefficient (Wildman–Crippen LogP) is 2.45. The van der Waals surface area contributed by atoms with Crippen molar-refractivity contribution < 1.29 is 18.8 Å². The quantitative estimate of drug-likeness (QED) is 0.258. The molecule has 1 amide bonds.